The van der Waals surface area contributed by atoms with Crippen LogP contribution in [0.4, 0.5) is 0 Å². The van der Waals surface area contributed by atoms with E-state index in [4.69, 9.17) is 10.8 Å². The molecule has 1 aromatic carbocycles. The van der Waals surface area contributed by atoms with Crippen LogP contribution in [0.1, 0.15) is 33.3 Å². The van der Waals surface area contributed by atoms with Crippen molar-refractivity contribution in [2.45, 2.75) is 43.5 Å². The van der Waals surface area contributed by atoms with Gasteiger partial charge in [0.2, 0.25) is 0 Å². The average molecular weight is 253 g/mol. The molecular formula is C14H23NOS. The van der Waals surface area contributed by atoms with Gasteiger partial charge in [0.25, 0.3) is 0 Å². The van der Waals surface area contributed by atoms with Gasteiger partial charge in [-0.15, -0.1) is 11.8 Å². The summed E-state index contributed by atoms with van der Waals surface area (Å²) in [5, 5.41) is 9.08. The van der Waals surface area contributed by atoms with Gasteiger partial charge in [0, 0.05) is 16.2 Å². The molecule has 0 heterocycles. The first-order valence-electron chi connectivity index (χ1n) is 5.88. The van der Waals surface area contributed by atoms with Crippen LogP contribution >= 0.6 is 11.8 Å². The van der Waals surface area contributed by atoms with E-state index in [2.05, 4.69) is 45.0 Å². The van der Waals surface area contributed by atoms with Crippen molar-refractivity contribution in [3.8, 4) is 0 Å². The number of aliphatic hydroxyl groups excluding tert-OH is 1. The lowest BCUT2D eigenvalue weighted by atomic mass is 9.87. The number of rotatable bonds is 4. The van der Waals surface area contributed by atoms with Gasteiger partial charge >= 0.3 is 0 Å². The molecule has 3 N–H and O–H groups in total. The molecule has 0 fully saturated rings. The van der Waals surface area contributed by atoms with Gasteiger partial charge in [-0.3, -0.25) is 0 Å². The Morgan fingerprint density at radius 3 is 2.06 bits per heavy atom. The summed E-state index contributed by atoms with van der Waals surface area (Å²) in [4.78, 5) is 1.20. The number of aliphatic hydroxyl groups is 1. The second-order valence-electron chi connectivity index (χ2n) is 5.88. The normalized spacial score (nSPS) is 15.6. The summed E-state index contributed by atoms with van der Waals surface area (Å²) in [5.74, 6) is 0.721. The Labute approximate surface area is 109 Å². The van der Waals surface area contributed by atoms with Gasteiger partial charge in [-0.05, 0) is 30.0 Å². The summed E-state index contributed by atoms with van der Waals surface area (Å²) in [6, 6.07) is 8.57. The second-order valence-corrected chi connectivity index (χ2v) is 6.92. The summed E-state index contributed by atoms with van der Waals surface area (Å²) in [7, 11) is 0. The average Bonchev–Trinajstić information content (AvgIpc) is 2.26. The van der Waals surface area contributed by atoms with Crippen LogP contribution in [-0.2, 0) is 5.41 Å². The summed E-state index contributed by atoms with van der Waals surface area (Å²) < 4.78 is 0. The van der Waals surface area contributed by atoms with Crippen molar-refractivity contribution in [1.82, 2.24) is 0 Å². The number of thioether (sulfide) groups is 1. The topological polar surface area (TPSA) is 46.2 Å². The van der Waals surface area contributed by atoms with Gasteiger partial charge in [0.15, 0.2) is 0 Å². The Hall–Kier alpha value is -0.510. The highest BCUT2D eigenvalue weighted by molar-refractivity contribution is 7.99. The lowest BCUT2D eigenvalue weighted by molar-refractivity contribution is 0.224. The predicted octanol–water partition coefficient (Wildman–Crippen LogP) is 2.79. The smallest absolute Gasteiger partial charge is 0.0616 e. The molecule has 17 heavy (non-hydrogen) atoms. The Kier molecular flexibility index (Phi) is 4.64. The van der Waals surface area contributed by atoms with Gasteiger partial charge in [-0.2, -0.15) is 0 Å². The highest BCUT2D eigenvalue weighted by atomic mass is 32.2. The quantitative estimate of drug-likeness (QED) is 0.811. The molecule has 1 unspecified atom stereocenters. The molecule has 1 aromatic rings. The fourth-order valence-electron chi connectivity index (χ4n) is 1.35. The lowest BCUT2D eigenvalue weighted by Gasteiger charge is -2.22. The molecule has 0 aliphatic rings. The second kappa shape index (κ2) is 5.42. The van der Waals surface area contributed by atoms with E-state index in [0.29, 0.717) is 0 Å². The van der Waals surface area contributed by atoms with Gasteiger partial charge in [0.05, 0.1) is 6.61 Å². The minimum absolute atomic E-state index is 0.0140. The molecule has 0 amide bonds. The Morgan fingerprint density at radius 1 is 1.12 bits per heavy atom. The fourth-order valence-corrected chi connectivity index (χ4v) is 2.26. The van der Waals surface area contributed by atoms with Crippen molar-refractivity contribution in [2.24, 2.45) is 5.73 Å². The van der Waals surface area contributed by atoms with E-state index in [9.17, 15) is 0 Å². The highest BCUT2D eigenvalue weighted by Crippen LogP contribution is 2.26. The van der Waals surface area contributed by atoms with Crippen molar-refractivity contribution in [1.29, 1.82) is 0 Å². The van der Waals surface area contributed by atoms with Crippen molar-refractivity contribution >= 4 is 11.8 Å². The maximum absolute atomic E-state index is 9.08. The van der Waals surface area contributed by atoms with E-state index in [1.165, 1.54) is 10.5 Å². The zero-order chi connectivity index (χ0) is 13.1. The van der Waals surface area contributed by atoms with Crippen LogP contribution in [0.25, 0.3) is 0 Å². The molecule has 3 heteroatoms. The van der Waals surface area contributed by atoms with Crippen LogP contribution in [0.5, 0.6) is 0 Å². The van der Waals surface area contributed by atoms with Crippen LogP contribution in [-0.4, -0.2) is 23.0 Å². The van der Waals surface area contributed by atoms with Gasteiger partial charge in [-0.1, -0.05) is 32.9 Å². The third-order valence-electron chi connectivity index (χ3n) is 2.65. The molecule has 2 nitrogen and oxygen atoms in total. The van der Waals surface area contributed by atoms with E-state index in [1.807, 2.05) is 6.92 Å². The van der Waals surface area contributed by atoms with Crippen LogP contribution in [0.2, 0.25) is 0 Å². The molecule has 0 aliphatic heterocycles. The molecule has 0 spiro atoms. The van der Waals surface area contributed by atoms with E-state index < -0.39 is 5.54 Å². The third-order valence-corrected chi connectivity index (χ3v) is 4.06. The summed E-state index contributed by atoms with van der Waals surface area (Å²) in [5.41, 5.74) is 6.91. The molecule has 0 saturated heterocycles. The molecule has 1 rings (SSSR count). The summed E-state index contributed by atoms with van der Waals surface area (Å²) in [6.07, 6.45) is 0. The minimum atomic E-state index is -0.507. The van der Waals surface area contributed by atoms with Crippen molar-refractivity contribution in [3.05, 3.63) is 29.8 Å². The van der Waals surface area contributed by atoms with Crippen LogP contribution in [0, 0.1) is 0 Å². The lowest BCUT2D eigenvalue weighted by Crippen LogP contribution is -2.42. The fraction of sp³-hybridized carbons (Fsp3) is 0.571. The van der Waals surface area contributed by atoms with E-state index in [0.717, 1.165) is 5.75 Å². The zero-order valence-electron chi connectivity index (χ0n) is 11.2. The third kappa shape index (κ3) is 4.70. The molecule has 96 valence electrons. The summed E-state index contributed by atoms with van der Waals surface area (Å²) in [6.45, 7) is 8.50. The van der Waals surface area contributed by atoms with Gasteiger partial charge in [0.1, 0.15) is 0 Å². The van der Waals surface area contributed by atoms with Crippen LogP contribution < -0.4 is 5.73 Å². The van der Waals surface area contributed by atoms with Crippen molar-refractivity contribution in [3.63, 3.8) is 0 Å². The monoisotopic (exact) mass is 253 g/mol. The minimum Gasteiger partial charge on any atom is -0.394 e. The van der Waals surface area contributed by atoms with Crippen LogP contribution in [0.15, 0.2) is 29.2 Å². The number of benzene rings is 1. The predicted molar refractivity (Wildman–Crippen MR) is 75.5 cm³/mol. The molecule has 1 atom stereocenters. The largest absolute Gasteiger partial charge is 0.394 e. The van der Waals surface area contributed by atoms with Crippen LogP contribution in [0.3, 0.4) is 0 Å². The van der Waals surface area contributed by atoms with Gasteiger partial charge in [-0.25, -0.2) is 0 Å². The molecule has 0 bridgehead atoms. The Bertz CT molecular complexity index is 351. The maximum atomic E-state index is 9.08. The standard InChI is InChI=1S/C14H23NOS/c1-13(2,3)11-5-7-12(8-6-11)17-10-14(4,15)9-16/h5-8,16H,9-10,15H2,1-4H3. The van der Waals surface area contributed by atoms with Crippen molar-refractivity contribution in [2.75, 3.05) is 12.4 Å². The molecule has 0 aromatic heterocycles. The first-order chi connectivity index (χ1) is 7.74. The zero-order valence-corrected chi connectivity index (χ0v) is 12.0. The summed E-state index contributed by atoms with van der Waals surface area (Å²) >= 11 is 1.69. The molecule has 0 radical (unpaired) electrons. The first-order valence-corrected chi connectivity index (χ1v) is 6.86. The Morgan fingerprint density at radius 2 is 1.65 bits per heavy atom. The van der Waals surface area contributed by atoms with Crippen molar-refractivity contribution < 1.29 is 5.11 Å². The van der Waals surface area contributed by atoms with Gasteiger partial charge < -0.3 is 10.8 Å². The Balaban J connectivity index is 2.64. The molecule has 0 aliphatic carbocycles. The highest BCUT2D eigenvalue weighted by Gasteiger charge is 2.17. The molecular weight excluding hydrogens is 230 g/mol. The van der Waals surface area contributed by atoms with E-state index in [-0.39, 0.29) is 12.0 Å². The number of hydrogen-bond donors (Lipinski definition) is 2. The SMILES string of the molecule is CC(N)(CO)CSc1ccc(C(C)(C)C)cc1. The first kappa shape index (κ1) is 14.6. The van der Waals surface area contributed by atoms with E-state index >= 15 is 0 Å². The number of nitrogens with two attached hydrogens (primary N) is 1. The maximum Gasteiger partial charge on any atom is 0.0616 e. The molecule has 0 saturated carbocycles. The van der Waals surface area contributed by atoms with E-state index in [1.54, 1.807) is 11.8 Å². The number of hydrogen-bond acceptors (Lipinski definition) is 3.